The van der Waals surface area contributed by atoms with E-state index in [0.29, 0.717) is 25.8 Å². The van der Waals surface area contributed by atoms with Gasteiger partial charge in [-0.05, 0) is 32.2 Å². The average molecular weight is 406 g/mol. The number of carboxylic acids is 1. The monoisotopic (exact) mass is 405 g/mol. The van der Waals surface area contributed by atoms with E-state index in [2.05, 4.69) is 28.3 Å². The fourth-order valence-electron chi connectivity index (χ4n) is 2.15. The number of unbranched alkanes of at least 4 members (excludes halogenated alkanes) is 1. The van der Waals surface area contributed by atoms with Crippen LogP contribution in [0, 0.1) is 0 Å². The summed E-state index contributed by atoms with van der Waals surface area (Å²) in [6.45, 7) is 0.768. The van der Waals surface area contributed by atoms with Crippen molar-refractivity contribution >= 4 is 36.4 Å². The largest absolute Gasteiger partial charge is 0.480 e. The van der Waals surface area contributed by atoms with Crippen LogP contribution in [0.1, 0.15) is 32.1 Å². The van der Waals surface area contributed by atoms with Crippen molar-refractivity contribution in [3.05, 3.63) is 0 Å². The molecule has 11 nitrogen and oxygen atoms in total. The second-order valence-corrected chi connectivity index (χ2v) is 6.35. The van der Waals surface area contributed by atoms with Crippen LogP contribution in [0.15, 0.2) is 4.99 Å². The lowest BCUT2D eigenvalue weighted by Gasteiger charge is -2.22. The van der Waals surface area contributed by atoms with Gasteiger partial charge in [0, 0.05) is 12.3 Å². The van der Waals surface area contributed by atoms with Gasteiger partial charge in [-0.15, -0.1) is 0 Å². The molecular formula is C15H31N7O4S. The van der Waals surface area contributed by atoms with Crippen molar-refractivity contribution < 1.29 is 19.5 Å². The van der Waals surface area contributed by atoms with Crippen LogP contribution in [-0.2, 0) is 14.4 Å². The van der Waals surface area contributed by atoms with E-state index in [1.54, 1.807) is 0 Å². The Balaban J connectivity index is 4.89. The lowest BCUT2D eigenvalue weighted by atomic mass is 10.1. The molecule has 0 spiro atoms. The average Bonchev–Trinajstić information content (AvgIpc) is 2.61. The Morgan fingerprint density at radius 1 is 1.00 bits per heavy atom. The maximum Gasteiger partial charge on any atom is 0.327 e. The fraction of sp³-hybridized carbons (Fsp3) is 0.733. The number of carbonyl (C=O) groups is 3. The third-order valence-electron chi connectivity index (χ3n) is 3.68. The molecule has 3 atom stereocenters. The summed E-state index contributed by atoms with van der Waals surface area (Å²) in [5.74, 6) is -2.52. The quantitative estimate of drug-likeness (QED) is 0.0666. The standard InChI is InChI=1S/C15H31N7O4S/c16-6-2-1-4-9(17)12(23)21-10(5-3-7-20-15(18)19)13(24)22-11(8-27)14(25)26/h9-11,27H,1-8,16-17H2,(H,21,23)(H,22,24)(H,25,26)(H4,18,19,20). The Morgan fingerprint density at radius 3 is 2.15 bits per heavy atom. The van der Waals surface area contributed by atoms with Gasteiger partial charge in [0.05, 0.1) is 6.04 Å². The number of amides is 2. The first-order chi connectivity index (χ1) is 12.7. The molecule has 0 saturated carbocycles. The van der Waals surface area contributed by atoms with Crippen molar-refractivity contribution in [2.75, 3.05) is 18.8 Å². The molecule has 12 heteroatoms. The van der Waals surface area contributed by atoms with Gasteiger partial charge in [-0.25, -0.2) is 4.79 Å². The number of carbonyl (C=O) groups excluding carboxylic acids is 2. The first kappa shape index (κ1) is 24.9. The number of nitrogens with one attached hydrogen (secondary N) is 2. The van der Waals surface area contributed by atoms with Gasteiger partial charge in [-0.2, -0.15) is 12.6 Å². The zero-order valence-corrected chi connectivity index (χ0v) is 16.2. The highest BCUT2D eigenvalue weighted by atomic mass is 32.1. The van der Waals surface area contributed by atoms with Gasteiger partial charge in [-0.3, -0.25) is 14.6 Å². The fourth-order valence-corrected chi connectivity index (χ4v) is 2.40. The third kappa shape index (κ3) is 11.3. The SMILES string of the molecule is NCCCCC(N)C(=O)NC(CCCN=C(N)N)C(=O)NC(CS)C(=O)O. The molecule has 11 N–H and O–H groups in total. The highest BCUT2D eigenvalue weighted by Gasteiger charge is 2.27. The molecule has 0 radical (unpaired) electrons. The van der Waals surface area contributed by atoms with Crippen molar-refractivity contribution in [2.24, 2.45) is 27.9 Å². The third-order valence-corrected chi connectivity index (χ3v) is 4.05. The minimum atomic E-state index is -1.22. The first-order valence-electron chi connectivity index (χ1n) is 8.68. The van der Waals surface area contributed by atoms with Crippen LogP contribution in [0.4, 0.5) is 0 Å². The summed E-state index contributed by atoms with van der Waals surface area (Å²) in [6, 6.07) is -2.92. The minimum Gasteiger partial charge on any atom is -0.480 e. The second kappa shape index (κ2) is 14.1. The van der Waals surface area contributed by atoms with Crippen molar-refractivity contribution in [1.29, 1.82) is 0 Å². The maximum absolute atomic E-state index is 12.4. The normalized spacial score (nSPS) is 13.9. The zero-order chi connectivity index (χ0) is 20.8. The van der Waals surface area contributed by atoms with Crippen molar-refractivity contribution in [3.8, 4) is 0 Å². The number of aliphatic carboxylic acids is 1. The molecule has 0 aliphatic rings. The lowest BCUT2D eigenvalue weighted by Crippen LogP contribution is -2.54. The number of carboxylic acid groups (broad SMARTS) is 1. The molecule has 0 fully saturated rings. The van der Waals surface area contributed by atoms with Crippen molar-refractivity contribution in [3.63, 3.8) is 0 Å². The summed E-state index contributed by atoms with van der Waals surface area (Å²) in [5.41, 5.74) is 21.7. The Hall–Kier alpha value is -2.05. The van der Waals surface area contributed by atoms with Crippen LogP contribution in [0.25, 0.3) is 0 Å². The Bertz CT molecular complexity index is 514. The number of guanidine groups is 1. The molecule has 0 aromatic rings. The molecule has 0 aliphatic heterocycles. The van der Waals surface area contributed by atoms with E-state index in [-0.39, 0.29) is 24.7 Å². The summed E-state index contributed by atoms with van der Waals surface area (Å²) in [4.78, 5) is 39.5. The van der Waals surface area contributed by atoms with Gasteiger partial charge in [0.1, 0.15) is 12.1 Å². The summed E-state index contributed by atoms with van der Waals surface area (Å²) in [5, 5.41) is 13.9. The van der Waals surface area contributed by atoms with E-state index in [4.69, 9.17) is 28.0 Å². The van der Waals surface area contributed by atoms with E-state index in [0.717, 1.165) is 6.42 Å². The van der Waals surface area contributed by atoms with Gasteiger partial charge in [0.15, 0.2) is 5.96 Å². The highest BCUT2D eigenvalue weighted by molar-refractivity contribution is 7.80. The van der Waals surface area contributed by atoms with Gasteiger partial charge in [0.2, 0.25) is 11.8 Å². The zero-order valence-electron chi connectivity index (χ0n) is 15.3. The minimum absolute atomic E-state index is 0.0806. The van der Waals surface area contributed by atoms with Gasteiger partial charge in [0.25, 0.3) is 0 Å². The summed E-state index contributed by atoms with van der Waals surface area (Å²) >= 11 is 3.90. The van der Waals surface area contributed by atoms with Crippen LogP contribution >= 0.6 is 12.6 Å². The first-order valence-corrected chi connectivity index (χ1v) is 9.31. The van der Waals surface area contributed by atoms with E-state index >= 15 is 0 Å². The predicted octanol–water partition coefficient (Wildman–Crippen LogP) is -2.52. The molecule has 0 rings (SSSR count). The Labute approximate surface area is 164 Å². The van der Waals surface area contributed by atoms with E-state index < -0.39 is 35.9 Å². The van der Waals surface area contributed by atoms with Crippen LogP contribution in [0.2, 0.25) is 0 Å². The smallest absolute Gasteiger partial charge is 0.327 e. The van der Waals surface area contributed by atoms with Gasteiger partial charge in [-0.1, -0.05) is 6.42 Å². The summed E-state index contributed by atoms with van der Waals surface area (Å²) < 4.78 is 0. The van der Waals surface area contributed by atoms with Gasteiger partial charge >= 0.3 is 5.97 Å². The molecule has 0 aromatic carbocycles. The van der Waals surface area contributed by atoms with Crippen LogP contribution in [0.3, 0.4) is 0 Å². The molecule has 3 unspecified atom stereocenters. The predicted molar refractivity (Wildman–Crippen MR) is 106 cm³/mol. The van der Waals surface area contributed by atoms with Crippen LogP contribution in [-0.4, -0.2) is 65.8 Å². The van der Waals surface area contributed by atoms with E-state index in [9.17, 15) is 14.4 Å². The van der Waals surface area contributed by atoms with Crippen molar-refractivity contribution in [2.45, 2.75) is 50.2 Å². The van der Waals surface area contributed by atoms with E-state index in [1.165, 1.54) is 0 Å². The number of aliphatic imine (C=N–C) groups is 1. The molecule has 0 aromatic heterocycles. The van der Waals surface area contributed by atoms with Crippen LogP contribution in [0.5, 0.6) is 0 Å². The molecule has 2 amide bonds. The molecule has 0 bridgehead atoms. The number of nitrogens with zero attached hydrogens (tertiary/aromatic N) is 1. The molecule has 0 aliphatic carbocycles. The molecule has 156 valence electrons. The molecular weight excluding hydrogens is 374 g/mol. The number of hydrogen-bond donors (Lipinski definition) is 8. The Kier molecular flexibility index (Phi) is 13.0. The second-order valence-electron chi connectivity index (χ2n) is 5.98. The summed E-state index contributed by atoms with van der Waals surface area (Å²) in [6.07, 6.45) is 2.47. The van der Waals surface area contributed by atoms with Gasteiger partial charge < -0.3 is 38.7 Å². The number of hydrogen-bond acceptors (Lipinski definition) is 7. The summed E-state index contributed by atoms with van der Waals surface area (Å²) in [7, 11) is 0. The topological polar surface area (TPSA) is 212 Å². The number of thiol groups is 1. The van der Waals surface area contributed by atoms with Crippen LogP contribution < -0.4 is 33.6 Å². The lowest BCUT2D eigenvalue weighted by molar-refractivity contribution is -0.141. The van der Waals surface area contributed by atoms with E-state index in [1.807, 2.05) is 0 Å². The number of rotatable bonds is 14. The van der Waals surface area contributed by atoms with Crippen molar-refractivity contribution in [1.82, 2.24) is 10.6 Å². The molecule has 27 heavy (non-hydrogen) atoms. The number of nitrogens with two attached hydrogens (primary N) is 4. The highest BCUT2D eigenvalue weighted by Crippen LogP contribution is 2.03. The molecule has 0 heterocycles. The Morgan fingerprint density at radius 2 is 1.63 bits per heavy atom. The maximum atomic E-state index is 12.4. The molecule has 0 saturated heterocycles.